The van der Waals surface area contributed by atoms with E-state index in [4.69, 9.17) is 5.11 Å². The van der Waals surface area contributed by atoms with Crippen LogP contribution in [0.4, 0.5) is 14.5 Å². The quantitative estimate of drug-likeness (QED) is 0.706. The fourth-order valence-electron chi connectivity index (χ4n) is 1.73. The van der Waals surface area contributed by atoms with Gasteiger partial charge in [0.2, 0.25) is 0 Å². The Labute approximate surface area is 127 Å². The van der Waals surface area contributed by atoms with Crippen LogP contribution in [0.1, 0.15) is 11.4 Å². The summed E-state index contributed by atoms with van der Waals surface area (Å²) in [5, 5.41) is 15.1. The van der Waals surface area contributed by atoms with Crippen LogP contribution in [0.2, 0.25) is 0 Å². The summed E-state index contributed by atoms with van der Waals surface area (Å²) in [6.45, 7) is 0.816. The van der Waals surface area contributed by atoms with Gasteiger partial charge in [-0.3, -0.25) is 9.82 Å². The maximum absolute atomic E-state index is 13.7. The van der Waals surface area contributed by atoms with Crippen molar-refractivity contribution in [1.29, 1.82) is 0 Å². The molecular formula is C11H10BrF2N3O3S. The molecule has 0 aliphatic carbocycles. The molecule has 0 aliphatic heterocycles. The summed E-state index contributed by atoms with van der Waals surface area (Å²) in [6, 6.07) is 1.52. The molecule has 10 heteroatoms. The standard InChI is InChI=1S/C11H10BrF2N3O3S/c1-5-11(10(4-18)16-15-5)21(19,20)17-9-3-7(13)6(12)2-8(9)14/h2-3,17-18H,4H2,1H3,(H,15,16). The van der Waals surface area contributed by atoms with E-state index in [-0.39, 0.29) is 20.8 Å². The highest BCUT2D eigenvalue weighted by Gasteiger charge is 2.25. The van der Waals surface area contributed by atoms with Crippen LogP contribution in [0.5, 0.6) is 0 Å². The molecule has 1 aromatic heterocycles. The number of hydrogen-bond donors (Lipinski definition) is 3. The maximum Gasteiger partial charge on any atom is 0.265 e. The average molecular weight is 382 g/mol. The molecule has 2 aromatic rings. The van der Waals surface area contributed by atoms with E-state index in [0.29, 0.717) is 6.07 Å². The van der Waals surface area contributed by atoms with Crippen molar-refractivity contribution in [2.75, 3.05) is 4.72 Å². The fraction of sp³-hybridized carbons (Fsp3) is 0.182. The number of nitrogens with one attached hydrogen (secondary N) is 2. The normalized spacial score (nSPS) is 11.7. The number of rotatable bonds is 4. The highest BCUT2D eigenvalue weighted by atomic mass is 79.9. The zero-order chi connectivity index (χ0) is 15.8. The molecule has 1 aromatic carbocycles. The van der Waals surface area contributed by atoms with Crippen molar-refractivity contribution in [3.8, 4) is 0 Å². The lowest BCUT2D eigenvalue weighted by Gasteiger charge is -2.10. The third kappa shape index (κ3) is 3.06. The predicted molar refractivity (Wildman–Crippen MR) is 74.1 cm³/mol. The number of aromatic amines is 1. The number of nitrogens with zero attached hydrogens (tertiary/aromatic N) is 1. The smallest absolute Gasteiger partial charge is 0.265 e. The number of aliphatic hydroxyl groups excluding tert-OH is 1. The monoisotopic (exact) mass is 381 g/mol. The number of anilines is 1. The minimum absolute atomic E-state index is 0.113. The third-order valence-corrected chi connectivity index (χ3v) is 4.81. The van der Waals surface area contributed by atoms with Crippen LogP contribution < -0.4 is 4.72 Å². The number of hydrogen-bond acceptors (Lipinski definition) is 4. The van der Waals surface area contributed by atoms with Gasteiger partial charge in [0.15, 0.2) is 0 Å². The molecule has 0 spiro atoms. The molecule has 0 saturated heterocycles. The van der Waals surface area contributed by atoms with Gasteiger partial charge in [-0.05, 0) is 28.9 Å². The second-order valence-corrected chi connectivity index (χ2v) is 6.61. The van der Waals surface area contributed by atoms with E-state index in [1.54, 1.807) is 0 Å². The van der Waals surface area contributed by atoms with Crippen molar-refractivity contribution in [2.45, 2.75) is 18.4 Å². The van der Waals surface area contributed by atoms with Crippen LogP contribution in [-0.4, -0.2) is 23.7 Å². The van der Waals surface area contributed by atoms with Gasteiger partial charge in [0, 0.05) is 6.07 Å². The minimum Gasteiger partial charge on any atom is -0.390 e. The highest BCUT2D eigenvalue weighted by Crippen LogP contribution is 2.27. The second-order valence-electron chi connectivity index (χ2n) is 4.13. The zero-order valence-corrected chi connectivity index (χ0v) is 13.0. The number of aryl methyl sites for hydroxylation is 1. The van der Waals surface area contributed by atoms with Crippen molar-refractivity contribution in [3.63, 3.8) is 0 Å². The molecule has 2 rings (SSSR count). The molecule has 0 bridgehead atoms. The van der Waals surface area contributed by atoms with Crippen LogP contribution in [0.15, 0.2) is 21.5 Å². The minimum atomic E-state index is -4.22. The van der Waals surface area contributed by atoms with Crippen LogP contribution in [0.3, 0.4) is 0 Å². The van der Waals surface area contributed by atoms with Crippen LogP contribution in [0.25, 0.3) is 0 Å². The van der Waals surface area contributed by atoms with E-state index in [9.17, 15) is 17.2 Å². The van der Waals surface area contributed by atoms with E-state index in [2.05, 4.69) is 26.1 Å². The number of sulfonamides is 1. The first-order valence-corrected chi connectivity index (χ1v) is 7.86. The Bertz CT molecular complexity index is 792. The Kier molecular flexibility index (Phi) is 4.30. The molecule has 0 atom stereocenters. The first-order chi connectivity index (χ1) is 9.76. The van der Waals surface area contributed by atoms with Crippen LogP contribution >= 0.6 is 15.9 Å². The molecule has 0 saturated carbocycles. The second kappa shape index (κ2) is 5.70. The summed E-state index contributed by atoms with van der Waals surface area (Å²) < 4.78 is 53.4. The number of aromatic nitrogens is 2. The molecule has 1 heterocycles. The van der Waals surface area contributed by atoms with E-state index >= 15 is 0 Å². The molecule has 114 valence electrons. The van der Waals surface area contributed by atoms with Crippen molar-refractivity contribution >= 4 is 31.6 Å². The summed E-state index contributed by atoms with van der Waals surface area (Å²) in [6.07, 6.45) is 0. The zero-order valence-electron chi connectivity index (χ0n) is 10.6. The van der Waals surface area contributed by atoms with E-state index in [0.717, 1.165) is 6.07 Å². The molecule has 0 radical (unpaired) electrons. The van der Waals surface area contributed by atoms with Crippen molar-refractivity contribution in [3.05, 3.63) is 39.6 Å². The Balaban J connectivity index is 2.47. The number of H-pyrrole nitrogens is 1. The van der Waals surface area contributed by atoms with Gasteiger partial charge in [0.05, 0.1) is 22.5 Å². The number of halogens is 3. The Morgan fingerprint density at radius 3 is 2.67 bits per heavy atom. The van der Waals surface area contributed by atoms with Crippen molar-refractivity contribution in [2.24, 2.45) is 0 Å². The van der Waals surface area contributed by atoms with Gasteiger partial charge in [-0.25, -0.2) is 17.2 Å². The van der Waals surface area contributed by atoms with Crippen LogP contribution in [0, 0.1) is 18.6 Å². The van der Waals surface area contributed by atoms with Gasteiger partial charge in [-0.2, -0.15) is 5.10 Å². The van der Waals surface area contributed by atoms with Crippen molar-refractivity contribution < 1.29 is 22.3 Å². The highest BCUT2D eigenvalue weighted by molar-refractivity contribution is 9.10. The van der Waals surface area contributed by atoms with E-state index in [1.165, 1.54) is 6.92 Å². The first kappa shape index (κ1) is 15.9. The van der Waals surface area contributed by atoms with Crippen molar-refractivity contribution in [1.82, 2.24) is 10.2 Å². The third-order valence-electron chi connectivity index (χ3n) is 2.63. The van der Waals surface area contributed by atoms with Gasteiger partial charge >= 0.3 is 0 Å². The van der Waals surface area contributed by atoms with E-state index < -0.39 is 34.0 Å². The summed E-state index contributed by atoms with van der Waals surface area (Å²) in [4.78, 5) is -0.298. The largest absolute Gasteiger partial charge is 0.390 e. The predicted octanol–water partition coefficient (Wildman–Crippen LogP) is 2.05. The van der Waals surface area contributed by atoms with Crippen LogP contribution in [-0.2, 0) is 16.6 Å². The summed E-state index contributed by atoms with van der Waals surface area (Å²) in [5.41, 5.74) is -0.484. The van der Waals surface area contributed by atoms with Gasteiger partial charge in [-0.15, -0.1) is 0 Å². The SMILES string of the molecule is Cc1[nH]nc(CO)c1S(=O)(=O)Nc1cc(F)c(Br)cc1F. The maximum atomic E-state index is 13.7. The lowest BCUT2D eigenvalue weighted by atomic mass is 10.3. The lowest BCUT2D eigenvalue weighted by Crippen LogP contribution is -2.16. The van der Waals surface area contributed by atoms with Gasteiger partial charge in [-0.1, -0.05) is 0 Å². The van der Waals surface area contributed by atoms with Gasteiger partial charge in [0.1, 0.15) is 22.2 Å². The molecule has 3 N–H and O–H groups in total. The molecule has 0 amide bonds. The number of aliphatic hydroxyl groups is 1. The average Bonchev–Trinajstić information content (AvgIpc) is 2.77. The van der Waals surface area contributed by atoms with E-state index in [1.807, 2.05) is 4.72 Å². The first-order valence-electron chi connectivity index (χ1n) is 5.58. The molecular weight excluding hydrogens is 372 g/mol. The molecule has 21 heavy (non-hydrogen) atoms. The Hall–Kier alpha value is -1.52. The van der Waals surface area contributed by atoms with Gasteiger partial charge < -0.3 is 5.11 Å². The van der Waals surface area contributed by atoms with Gasteiger partial charge in [0.25, 0.3) is 10.0 Å². The molecule has 0 fully saturated rings. The lowest BCUT2D eigenvalue weighted by molar-refractivity contribution is 0.273. The summed E-state index contributed by atoms with van der Waals surface area (Å²) in [7, 11) is -4.22. The number of benzene rings is 1. The summed E-state index contributed by atoms with van der Waals surface area (Å²) >= 11 is 2.79. The summed E-state index contributed by atoms with van der Waals surface area (Å²) in [5.74, 6) is -1.76. The molecule has 0 aliphatic rings. The molecule has 6 nitrogen and oxygen atoms in total. The topological polar surface area (TPSA) is 95.1 Å². The Morgan fingerprint density at radius 2 is 2.05 bits per heavy atom. The Morgan fingerprint density at radius 1 is 1.38 bits per heavy atom. The fourth-order valence-corrected chi connectivity index (χ4v) is 3.46. The molecule has 0 unspecified atom stereocenters.